The zero-order chi connectivity index (χ0) is 21.7. The lowest BCUT2D eigenvalue weighted by Crippen LogP contribution is -2.28. The SMILES string of the molecule is CCOC(=O)c1ccc(NC(=O)Cn2cnc3scc(C(=O)OCC)c3c2=O)cc1. The van der Waals surface area contributed by atoms with Crippen LogP contribution < -0.4 is 10.9 Å². The maximum atomic E-state index is 12.8. The molecule has 0 saturated carbocycles. The standard InChI is InChI=1S/C20H19N3O6S/c1-3-28-19(26)12-5-7-13(8-6-12)22-15(24)9-23-11-21-17-16(18(23)25)14(10-30-17)20(27)29-4-2/h5-8,10-11H,3-4,9H2,1-2H3,(H,22,24). The number of fused-ring (bicyclic) bond motifs is 1. The van der Waals surface area contributed by atoms with Gasteiger partial charge < -0.3 is 14.8 Å². The first-order valence-corrected chi connectivity index (χ1v) is 10.0. The molecule has 9 nitrogen and oxygen atoms in total. The van der Waals surface area contributed by atoms with E-state index in [1.807, 2.05) is 0 Å². The van der Waals surface area contributed by atoms with E-state index in [1.54, 1.807) is 26.0 Å². The number of hydrogen-bond donors (Lipinski definition) is 1. The highest BCUT2D eigenvalue weighted by molar-refractivity contribution is 7.17. The van der Waals surface area contributed by atoms with E-state index in [-0.39, 0.29) is 30.7 Å². The molecule has 3 aromatic rings. The van der Waals surface area contributed by atoms with Crippen LogP contribution in [0.15, 0.2) is 40.8 Å². The highest BCUT2D eigenvalue weighted by Gasteiger charge is 2.19. The summed E-state index contributed by atoms with van der Waals surface area (Å²) >= 11 is 1.16. The van der Waals surface area contributed by atoms with Crippen LogP contribution >= 0.6 is 11.3 Å². The zero-order valence-electron chi connectivity index (χ0n) is 16.3. The predicted molar refractivity (Wildman–Crippen MR) is 111 cm³/mol. The molecule has 0 spiro atoms. The van der Waals surface area contributed by atoms with Gasteiger partial charge in [-0.2, -0.15) is 0 Å². The number of hydrogen-bond acceptors (Lipinski definition) is 8. The number of amides is 1. The van der Waals surface area contributed by atoms with E-state index < -0.39 is 23.4 Å². The molecule has 0 unspecified atom stereocenters. The van der Waals surface area contributed by atoms with Gasteiger partial charge in [-0.25, -0.2) is 14.6 Å². The highest BCUT2D eigenvalue weighted by Crippen LogP contribution is 2.21. The Bertz CT molecular complexity index is 1150. The normalized spacial score (nSPS) is 10.6. The van der Waals surface area contributed by atoms with Crippen molar-refractivity contribution in [2.45, 2.75) is 20.4 Å². The fourth-order valence-electron chi connectivity index (χ4n) is 2.70. The van der Waals surface area contributed by atoms with Crippen LogP contribution in [0.5, 0.6) is 0 Å². The summed E-state index contributed by atoms with van der Waals surface area (Å²) in [5, 5.41) is 4.30. The largest absolute Gasteiger partial charge is 0.462 e. The van der Waals surface area contributed by atoms with E-state index in [0.29, 0.717) is 16.1 Å². The van der Waals surface area contributed by atoms with E-state index in [4.69, 9.17) is 9.47 Å². The van der Waals surface area contributed by atoms with E-state index in [9.17, 15) is 19.2 Å². The van der Waals surface area contributed by atoms with Crippen LogP contribution in [0.3, 0.4) is 0 Å². The van der Waals surface area contributed by atoms with Crippen LogP contribution in [-0.2, 0) is 20.8 Å². The summed E-state index contributed by atoms with van der Waals surface area (Å²) in [6.07, 6.45) is 1.26. The molecular weight excluding hydrogens is 410 g/mol. The lowest BCUT2D eigenvalue weighted by Gasteiger charge is -2.08. The van der Waals surface area contributed by atoms with Crippen molar-refractivity contribution in [3.05, 3.63) is 57.5 Å². The van der Waals surface area contributed by atoms with E-state index in [0.717, 1.165) is 15.9 Å². The number of ether oxygens (including phenoxy) is 2. The van der Waals surface area contributed by atoms with Crippen molar-refractivity contribution >= 4 is 45.1 Å². The van der Waals surface area contributed by atoms with Gasteiger partial charge in [-0.15, -0.1) is 11.3 Å². The van der Waals surface area contributed by atoms with Crippen molar-refractivity contribution in [1.29, 1.82) is 0 Å². The van der Waals surface area contributed by atoms with Gasteiger partial charge in [0.1, 0.15) is 11.4 Å². The molecule has 0 aliphatic heterocycles. The minimum atomic E-state index is -0.605. The summed E-state index contributed by atoms with van der Waals surface area (Å²) in [6.45, 7) is 3.55. The summed E-state index contributed by atoms with van der Waals surface area (Å²) in [5.41, 5.74) is 0.457. The number of anilines is 1. The first kappa shape index (κ1) is 21.2. The third-order valence-electron chi connectivity index (χ3n) is 4.05. The zero-order valence-corrected chi connectivity index (χ0v) is 17.2. The molecule has 0 aliphatic carbocycles. The van der Waals surface area contributed by atoms with Crippen molar-refractivity contribution in [3.8, 4) is 0 Å². The second kappa shape index (κ2) is 9.31. The van der Waals surface area contributed by atoms with Gasteiger partial charge in [-0.05, 0) is 38.1 Å². The number of carbonyl (C=O) groups is 3. The molecule has 0 bridgehead atoms. The molecule has 1 aromatic carbocycles. The molecule has 2 aromatic heterocycles. The van der Waals surface area contributed by atoms with Crippen molar-refractivity contribution < 1.29 is 23.9 Å². The molecule has 0 saturated heterocycles. The molecule has 30 heavy (non-hydrogen) atoms. The Kier molecular flexibility index (Phi) is 6.58. The third-order valence-corrected chi connectivity index (χ3v) is 4.94. The molecule has 10 heteroatoms. The van der Waals surface area contributed by atoms with Gasteiger partial charge in [0, 0.05) is 11.1 Å². The Labute approximate surface area is 175 Å². The highest BCUT2D eigenvalue weighted by atomic mass is 32.1. The number of nitrogens with one attached hydrogen (secondary N) is 1. The maximum absolute atomic E-state index is 12.8. The lowest BCUT2D eigenvalue weighted by molar-refractivity contribution is -0.116. The fourth-order valence-corrected chi connectivity index (χ4v) is 3.57. The first-order chi connectivity index (χ1) is 14.4. The molecule has 156 valence electrons. The fraction of sp³-hybridized carbons (Fsp3) is 0.250. The van der Waals surface area contributed by atoms with Crippen molar-refractivity contribution in [1.82, 2.24) is 9.55 Å². The van der Waals surface area contributed by atoms with Crippen molar-refractivity contribution in [2.24, 2.45) is 0 Å². The average Bonchev–Trinajstić information content (AvgIpc) is 3.16. The van der Waals surface area contributed by atoms with Crippen LogP contribution in [0.4, 0.5) is 5.69 Å². The van der Waals surface area contributed by atoms with Crippen molar-refractivity contribution in [2.75, 3.05) is 18.5 Å². The Hall–Kier alpha value is -3.53. The molecular formula is C20H19N3O6S. The lowest BCUT2D eigenvalue weighted by atomic mass is 10.2. The second-order valence-electron chi connectivity index (χ2n) is 6.07. The van der Waals surface area contributed by atoms with Gasteiger partial charge in [0.05, 0.1) is 36.1 Å². The number of aromatic nitrogens is 2. The van der Waals surface area contributed by atoms with Gasteiger partial charge in [-0.3, -0.25) is 14.2 Å². The van der Waals surface area contributed by atoms with E-state index >= 15 is 0 Å². The third kappa shape index (κ3) is 4.54. The molecule has 0 fully saturated rings. The van der Waals surface area contributed by atoms with Gasteiger partial charge in [-0.1, -0.05) is 0 Å². The van der Waals surface area contributed by atoms with E-state index in [2.05, 4.69) is 10.3 Å². The average molecular weight is 429 g/mol. The van der Waals surface area contributed by atoms with Gasteiger partial charge >= 0.3 is 11.9 Å². The quantitative estimate of drug-likeness (QED) is 0.573. The smallest absolute Gasteiger partial charge is 0.339 e. The summed E-state index contributed by atoms with van der Waals surface area (Å²) in [6, 6.07) is 6.19. The van der Waals surface area contributed by atoms with Crippen LogP contribution in [0.25, 0.3) is 10.2 Å². The predicted octanol–water partition coefficient (Wildman–Crippen LogP) is 2.45. The van der Waals surface area contributed by atoms with Gasteiger partial charge in [0.2, 0.25) is 5.91 Å². The minimum absolute atomic E-state index is 0.132. The maximum Gasteiger partial charge on any atom is 0.339 e. The first-order valence-electron chi connectivity index (χ1n) is 9.15. The monoisotopic (exact) mass is 429 g/mol. The number of benzene rings is 1. The number of nitrogens with zero attached hydrogens (tertiary/aromatic N) is 2. The Morgan fingerprint density at radius 1 is 1.07 bits per heavy atom. The molecule has 0 radical (unpaired) electrons. The van der Waals surface area contributed by atoms with Crippen LogP contribution in [0.2, 0.25) is 0 Å². The van der Waals surface area contributed by atoms with E-state index in [1.165, 1.54) is 23.8 Å². The minimum Gasteiger partial charge on any atom is -0.462 e. The Balaban J connectivity index is 1.76. The van der Waals surface area contributed by atoms with Crippen molar-refractivity contribution in [3.63, 3.8) is 0 Å². The summed E-state index contributed by atoms with van der Waals surface area (Å²) in [5.74, 6) is -1.52. The molecule has 1 N–H and O–H groups in total. The van der Waals surface area contributed by atoms with Crippen LogP contribution in [-0.4, -0.2) is 40.6 Å². The van der Waals surface area contributed by atoms with Gasteiger partial charge in [0.25, 0.3) is 5.56 Å². The summed E-state index contributed by atoms with van der Waals surface area (Å²) < 4.78 is 11.0. The topological polar surface area (TPSA) is 117 Å². The summed E-state index contributed by atoms with van der Waals surface area (Å²) in [4.78, 5) is 53.4. The second-order valence-corrected chi connectivity index (χ2v) is 6.93. The molecule has 2 heterocycles. The van der Waals surface area contributed by atoms with Crippen LogP contribution in [0, 0.1) is 0 Å². The Morgan fingerprint density at radius 3 is 2.40 bits per heavy atom. The number of thiophene rings is 1. The molecule has 3 rings (SSSR count). The molecule has 0 aliphatic rings. The van der Waals surface area contributed by atoms with Crippen LogP contribution in [0.1, 0.15) is 34.6 Å². The number of rotatable bonds is 7. The number of esters is 2. The summed E-state index contributed by atoms with van der Waals surface area (Å²) in [7, 11) is 0. The van der Waals surface area contributed by atoms with Gasteiger partial charge in [0.15, 0.2) is 0 Å². The molecule has 1 amide bonds. The Morgan fingerprint density at radius 2 is 1.73 bits per heavy atom. The molecule has 0 atom stereocenters. The number of carbonyl (C=O) groups excluding carboxylic acids is 3.